The predicted molar refractivity (Wildman–Crippen MR) is 111 cm³/mol. The van der Waals surface area contributed by atoms with Crippen LogP contribution in [0.1, 0.15) is 57.2 Å². The lowest BCUT2D eigenvalue weighted by molar-refractivity contribution is 0.340. The lowest BCUT2D eigenvalue weighted by atomic mass is 9.96. The van der Waals surface area contributed by atoms with Gasteiger partial charge in [0.1, 0.15) is 5.75 Å². The Morgan fingerprint density at radius 3 is 2.12 bits per heavy atom. The summed E-state index contributed by atoms with van der Waals surface area (Å²) in [5, 5.41) is 7.17. The zero-order valence-electron chi connectivity index (χ0n) is 15.5. The zero-order chi connectivity index (χ0) is 18.2. The first-order chi connectivity index (χ1) is 12.0. The molecule has 0 saturated heterocycles. The van der Waals surface area contributed by atoms with Gasteiger partial charge in [-0.25, -0.2) is 0 Å². The molecule has 0 aliphatic carbocycles. The summed E-state index contributed by atoms with van der Waals surface area (Å²) < 4.78 is 5.45. The summed E-state index contributed by atoms with van der Waals surface area (Å²) in [6, 6.07) is 16.7. The Hall–Kier alpha value is -2.07. The fourth-order valence-electron chi connectivity index (χ4n) is 2.60. The SMILES string of the molecule is CCOc1ccc(NC(=S)NC(C)c2ccc(C(C)CC)cc2)cc1. The van der Waals surface area contributed by atoms with E-state index in [4.69, 9.17) is 17.0 Å². The average molecular weight is 357 g/mol. The third-order valence-corrected chi connectivity index (χ3v) is 4.61. The third-order valence-electron chi connectivity index (χ3n) is 4.39. The van der Waals surface area contributed by atoms with E-state index in [0.29, 0.717) is 17.6 Å². The fraction of sp³-hybridized carbons (Fsp3) is 0.381. The number of anilines is 1. The molecular weight excluding hydrogens is 328 g/mol. The standard InChI is InChI=1S/C21H28N2OS/c1-5-15(3)17-7-9-18(10-8-17)16(4)22-21(25)23-19-11-13-20(14-12-19)24-6-2/h7-16H,5-6H2,1-4H3,(H2,22,23,25). The second-order valence-electron chi connectivity index (χ2n) is 6.25. The van der Waals surface area contributed by atoms with E-state index in [1.54, 1.807) is 0 Å². The number of ether oxygens (including phenoxy) is 1. The first kappa shape index (κ1) is 19.3. The lowest BCUT2D eigenvalue weighted by Gasteiger charge is -2.18. The normalized spacial score (nSPS) is 13.0. The monoisotopic (exact) mass is 356 g/mol. The van der Waals surface area contributed by atoms with Crippen LogP contribution in [0.4, 0.5) is 5.69 Å². The molecular formula is C21H28N2OS. The van der Waals surface area contributed by atoms with Gasteiger partial charge in [-0.15, -0.1) is 0 Å². The summed E-state index contributed by atoms with van der Waals surface area (Å²) in [4.78, 5) is 0. The summed E-state index contributed by atoms with van der Waals surface area (Å²) in [6.07, 6.45) is 1.16. The maximum absolute atomic E-state index is 5.45. The molecule has 0 saturated carbocycles. The van der Waals surface area contributed by atoms with Gasteiger partial charge >= 0.3 is 0 Å². The van der Waals surface area contributed by atoms with Crippen molar-refractivity contribution in [1.29, 1.82) is 0 Å². The Balaban J connectivity index is 1.90. The molecule has 0 amide bonds. The van der Waals surface area contributed by atoms with Gasteiger partial charge < -0.3 is 15.4 Å². The molecule has 0 radical (unpaired) electrons. The van der Waals surface area contributed by atoms with E-state index in [1.165, 1.54) is 11.1 Å². The second kappa shape index (κ2) is 9.42. The van der Waals surface area contributed by atoms with Crippen molar-refractivity contribution < 1.29 is 4.74 Å². The molecule has 134 valence electrons. The van der Waals surface area contributed by atoms with Gasteiger partial charge in [-0.1, -0.05) is 38.1 Å². The van der Waals surface area contributed by atoms with Crippen molar-refractivity contribution in [2.24, 2.45) is 0 Å². The zero-order valence-corrected chi connectivity index (χ0v) is 16.3. The maximum atomic E-state index is 5.45. The molecule has 2 rings (SSSR count). The molecule has 0 aliphatic heterocycles. The van der Waals surface area contributed by atoms with E-state index in [2.05, 4.69) is 55.7 Å². The van der Waals surface area contributed by atoms with Crippen molar-refractivity contribution in [3.63, 3.8) is 0 Å². The second-order valence-corrected chi connectivity index (χ2v) is 6.66. The number of nitrogens with one attached hydrogen (secondary N) is 2. The summed E-state index contributed by atoms with van der Waals surface area (Å²) >= 11 is 5.43. The van der Waals surface area contributed by atoms with Gasteiger partial charge in [-0.05, 0) is 73.8 Å². The molecule has 25 heavy (non-hydrogen) atoms. The van der Waals surface area contributed by atoms with Crippen molar-refractivity contribution in [3.05, 3.63) is 59.7 Å². The van der Waals surface area contributed by atoms with Crippen molar-refractivity contribution in [3.8, 4) is 5.75 Å². The van der Waals surface area contributed by atoms with Gasteiger partial charge in [0.25, 0.3) is 0 Å². The van der Waals surface area contributed by atoms with E-state index in [-0.39, 0.29) is 6.04 Å². The molecule has 4 heteroatoms. The minimum Gasteiger partial charge on any atom is -0.494 e. The molecule has 0 spiro atoms. The summed E-state index contributed by atoms with van der Waals surface area (Å²) in [7, 11) is 0. The van der Waals surface area contributed by atoms with Crippen LogP contribution in [-0.4, -0.2) is 11.7 Å². The summed E-state index contributed by atoms with van der Waals surface area (Å²) in [6.45, 7) is 9.23. The van der Waals surface area contributed by atoms with Crippen LogP contribution < -0.4 is 15.4 Å². The fourth-order valence-corrected chi connectivity index (χ4v) is 2.89. The Kier molecular flexibility index (Phi) is 7.26. The highest BCUT2D eigenvalue weighted by Gasteiger charge is 2.09. The topological polar surface area (TPSA) is 33.3 Å². The Morgan fingerprint density at radius 1 is 0.960 bits per heavy atom. The van der Waals surface area contributed by atoms with Crippen molar-refractivity contribution in [2.45, 2.75) is 46.1 Å². The molecule has 0 fully saturated rings. The maximum Gasteiger partial charge on any atom is 0.171 e. The Bertz CT molecular complexity index is 667. The molecule has 2 aromatic rings. The van der Waals surface area contributed by atoms with Crippen LogP contribution >= 0.6 is 12.2 Å². The van der Waals surface area contributed by atoms with Crippen LogP contribution in [0.15, 0.2) is 48.5 Å². The minimum atomic E-state index is 0.147. The molecule has 2 unspecified atom stereocenters. The predicted octanol–water partition coefficient (Wildman–Crippen LogP) is 5.65. The third kappa shape index (κ3) is 5.75. The molecule has 2 atom stereocenters. The first-order valence-electron chi connectivity index (χ1n) is 8.93. The molecule has 0 bridgehead atoms. The largest absolute Gasteiger partial charge is 0.494 e. The van der Waals surface area contributed by atoms with Crippen LogP contribution in [0.25, 0.3) is 0 Å². The minimum absolute atomic E-state index is 0.147. The number of benzene rings is 2. The van der Waals surface area contributed by atoms with E-state index in [9.17, 15) is 0 Å². The van der Waals surface area contributed by atoms with Gasteiger partial charge in [-0.2, -0.15) is 0 Å². The van der Waals surface area contributed by atoms with Crippen molar-refractivity contribution >= 4 is 23.0 Å². The highest BCUT2D eigenvalue weighted by Crippen LogP contribution is 2.21. The van der Waals surface area contributed by atoms with Gasteiger partial charge in [0.15, 0.2) is 5.11 Å². The van der Waals surface area contributed by atoms with Crippen molar-refractivity contribution in [1.82, 2.24) is 5.32 Å². The Morgan fingerprint density at radius 2 is 1.56 bits per heavy atom. The van der Waals surface area contributed by atoms with Crippen LogP contribution in [0.3, 0.4) is 0 Å². The number of hydrogen-bond donors (Lipinski definition) is 2. The van der Waals surface area contributed by atoms with Crippen LogP contribution in [0.2, 0.25) is 0 Å². The van der Waals surface area contributed by atoms with E-state index < -0.39 is 0 Å². The van der Waals surface area contributed by atoms with Crippen LogP contribution in [0.5, 0.6) is 5.75 Å². The smallest absolute Gasteiger partial charge is 0.171 e. The quantitative estimate of drug-likeness (QED) is 0.628. The first-order valence-corrected chi connectivity index (χ1v) is 9.34. The van der Waals surface area contributed by atoms with E-state index >= 15 is 0 Å². The lowest BCUT2D eigenvalue weighted by Crippen LogP contribution is -2.30. The number of thiocarbonyl (C=S) groups is 1. The molecule has 2 N–H and O–H groups in total. The number of hydrogen-bond acceptors (Lipinski definition) is 2. The summed E-state index contributed by atoms with van der Waals surface area (Å²) in [5.74, 6) is 1.46. The van der Waals surface area contributed by atoms with E-state index in [1.807, 2.05) is 31.2 Å². The molecule has 0 heterocycles. The summed E-state index contributed by atoms with van der Waals surface area (Å²) in [5.41, 5.74) is 3.55. The van der Waals surface area contributed by atoms with Gasteiger partial charge in [0, 0.05) is 5.69 Å². The van der Waals surface area contributed by atoms with Gasteiger partial charge in [0.05, 0.1) is 12.6 Å². The highest BCUT2D eigenvalue weighted by atomic mass is 32.1. The Labute approximate surface area is 156 Å². The average Bonchev–Trinajstić information content (AvgIpc) is 2.63. The highest BCUT2D eigenvalue weighted by molar-refractivity contribution is 7.80. The van der Waals surface area contributed by atoms with Crippen LogP contribution in [0, 0.1) is 0 Å². The van der Waals surface area contributed by atoms with Crippen molar-refractivity contribution in [2.75, 3.05) is 11.9 Å². The van der Waals surface area contributed by atoms with Crippen LogP contribution in [-0.2, 0) is 0 Å². The van der Waals surface area contributed by atoms with E-state index in [0.717, 1.165) is 17.9 Å². The van der Waals surface area contributed by atoms with Gasteiger partial charge in [0.2, 0.25) is 0 Å². The molecule has 0 aromatic heterocycles. The molecule has 2 aromatic carbocycles. The number of rotatable bonds is 7. The molecule has 3 nitrogen and oxygen atoms in total. The van der Waals surface area contributed by atoms with Gasteiger partial charge in [-0.3, -0.25) is 0 Å². The molecule has 0 aliphatic rings.